The van der Waals surface area contributed by atoms with Gasteiger partial charge in [-0.25, -0.2) is 0 Å². The maximum atomic E-state index is 13.7. The number of fused-ring (bicyclic) bond motifs is 1. The van der Waals surface area contributed by atoms with Gasteiger partial charge in [0.05, 0.1) is 42.6 Å². The number of carbonyl (C=O) groups excluding carboxylic acids is 1. The first-order chi connectivity index (χ1) is 12.4. The molecule has 4 bridgehead atoms. The van der Waals surface area contributed by atoms with Gasteiger partial charge in [-0.05, 0) is 49.9 Å². The molecule has 1 aromatic heterocycles. The highest BCUT2D eigenvalue weighted by molar-refractivity contribution is 5.84. The van der Waals surface area contributed by atoms with E-state index in [9.17, 15) is 15.0 Å². The maximum absolute atomic E-state index is 13.7. The van der Waals surface area contributed by atoms with E-state index < -0.39 is 5.60 Å². The van der Waals surface area contributed by atoms with Crippen molar-refractivity contribution in [1.82, 2.24) is 14.7 Å². The molecule has 0 spiro atoms. The van der Waals surface area contributed by atoms with E-state index in [0.29, 0.717) is 32.0 Å². The zero-order valence-electron chi connectivity index (χ0n) is 15.6. The molecule has 5 aliphatic rings. The second kappa shape index (κ2) is 5.32. The normalized spacial score (nSPS) is 40.3. The zero-order valence-corrected chi connectivity index (χ0v) is 15.6. The standard InChI is InChI=1S/C20H29N3O3/c1-2-18-5-14-6-19(11-18,13-20(26,7-14)12-18)17(25)22-9-15-8-21-23(3-4-24)16(15)10-22/h8,14,24,26H,2-7,9-13H2,1H3. The van der Waals surface area contributed by atoms with E-state index in [1.165, 1.54) is 6.42 Å². The highest BCUT2D eigenvalue weighted by Gasteiger charge is 2.65. The lowest BCUT2D eigenvalue weighted by Crippen LogP contribution is -2.63. The Morgan fingerprint density at radius 3 is 2.85 bits per heavy atom. The van der Waals surface area contributed by atoms with Crippen LogP contribution in [0.5, 0.6) is 0 Å². The van der Waals surface area contributed by atoms with E-state index >= 15 is 0 Å². The fourth-order valence-corrected chi connectivity index (χ4v) is 7.19. The van der Waals surface area contributed by atoms with Gasteiger partial charge in [0.1, 0.15) is 0 Å². The smallest absolute Gasteiger partial charge is 0.229 e. The van der Waals surface area contributed by atoms with Crippen LogP contribution in [0.25, 0.3) is 0 Å². The predicted molar refractivity (Wildman–Crippen MR) is 94.9 cm³/mol. The van der Waals surface area contributed by atoms with Gasteiger partial charge in [-0.2, -0.15) is 5.10 Å². The molecule has 6 nitrogen and oxygen atoms in total. The minimum absolute atomic E-state index is 0.0553. The lowest BCUT2D eigenvalue weighted by molar-refractivity contribution is -0.210. The Labute approximate surface area is 154 Å². The van der Waals surface area contributed by atoms with Gasteiger partial charge in [-0.3, -0.25) is 9.48 Å². The SMILES string of the molecule is CCC12CC3CC(O)(C1)CC(C(=O)N1Cc4cnn(CCO)c4C1)(C3)C2. The highest BCUT2D eigenvalue weighted by Crippen LogP contribution is 2.68. The number of hydrogen-bond acceptors (Lipinski definition) is 4. The summed E-state index contributed by atoms with van der Waals surface area (Å²) >= 11 is 0. The monoisotopic (exact) mass is 359 g/mol. The number of aliphatic hydroxyl groups is 2. The lowest BCUT2D eigenvalue weighted by atomic mass is 9.42. The van der Waals surface area contributed by atoms with Crippen molar-refractivity contribution in [3.8, 4) is 0 Å². The number of hydrogen-bond donors (Lipinski definition) is 2. The van der Waals surface area contributed by atoms with Crippen LogP contribution in [0.15, 0.2) is 6.20 Å². The molecule has 4 atom stereocenters. The van der Waals surface area contributed by atoms with Crippen molar-refractivity contribution >= 4 is 5.91 Å². The number of aliphatic hydroxyl groups excluding tert-OH is 1. The third-order valence-corrected chi connectivity index (χ3v) is 7.69. The molecule has 1 aliphatic heterocycles. The summed E-state index contributed by atoms with van der Waals surface area (Å²) in [6.07, 6.45) is 8.39. The van der Waals surface area contributed by atoms with E-state index in [1.54, 1.807) is 0 Å². The molecule has 0 radical (unpaired) electrons. The molecule has 1 aromatic rings. The fourth-order valence-electron chi connectivity index (χ4n) is 7.19. The van der Waals surface area contributed by atoms with Gasteiger partial charge < -0.3 is 15.1 Å². The summed E-state index contributed by atoms with van der Waals surface area (Å²) < 4.78 is 1.82. The molecule has 6 rings (SSSR count). The van der Waals surface area contributed by atoms with Crippen molar-refractivity contribution in [2.45, 2.75) is 77.1 Å². The van der Waals surface area contributed by atoms with Crippen molar-refractivity contribution in [2.75, 3.05) is 6.61 Å². The molecular weight excluding hydrogens is 330 g/mol. The molecule has 4 fully saturated rings. The van der Waals surface area contributed by atoms with Crippen LogP contribution >= 0.6 is 0 Å². The Bertz CT molecular complexity index is 761. The molecule has 4 aliphatic carbocycles. The number of rotatable bonds is 4. The van der Waals surface area contributed by atoms with Crippen molar-refractivity contribution in [2.24, 2.45) is 16.7 Å². The molecule has 0 aromatic carbocycles. The predicted octanol–water partition coefficient (Wildman–Crippen LogP) is 1.83. The highest BCUT2D eigenvalue weighted by atomic mass is 16.3. The molecule has 26 heavy (non-hydrogen) atoms. The largest absolute Gasteiger partial charge is 0.394 e. The average molecular weight is 359 g/mol. The molecule has 6 heteroatoms. The van der Waals surface area contributed by atoms with Crippen LogP contribution in [-0.4, -0.2) is 43.0 Å². The van der Waals surface area contributed by atoms with Gasteiger partial charge in [0.2, 0.25) is 5.91 Å². The Kier molecular flexibility index (Phi) is 3.43. The summed E-state index contributed by atoms with van der Waals surface area (Å²) in [5.41, 5.74) is 1.31. The first kappa shape index (κ1) is 16.8. The fraction of sp³-hybridized carbons (Fsp3) is 0.800. The van der Waals surface area contributed by atoms with Crippen LogP contribution in [0.4, 0.5) is 0 Å². The van der Waals surface area contributed by atoms with Crippen molar-refractivity contribution < 1.29 is 15.0 Å². The van der Waals surface area contributed by atoms with Gasteiger partial charge in [0, 0.05) is 12.1 Å². The van der Waals surface area contributed by atoms with Crippen molar-refractivity contribution in [1.29, 1.82) is 0 Å². The average Bonchev–Trinajstić information content (AvgIpc) is 3.14. The molecule has 0 saturated heterocycles. The number of nitrogens with zero attached hydrogens (tertiary/aromatic N) is 3. The summed E-state index contributed by atoms with van der Waals surface area (Å²) in [5.74, 6) is 0.736. The van der Waals surface area contributed by atoms with Crippen LogP contribution in [0.2, 0.25) is 0 Å². The van der Waals surface area contributed by atoms with E-state index in [4.69, 9.17) is 0 Å². The van der Waals surface area contributed by atoms with Crippen LogP contribution in [0, 0.1) is 16.7 Å². The Hall–Kier alpha value is -1.40. The number of carbonyl (C=O) groups is 1. The van der Waals surface area contributed by atoms with Gasteiger partial charge in [-0.15, -0.1) is 0 Å². The second-order valence-corrected chi connectivity index (χ2v) is 9.59. The molecular formula is C20H29N3O3. The molecule has 1 amide bonds. The molecule has 4 unspecified atom stereocenters. The summed E-state index contributed by atoms with van der Waals surface area (Å²) in [7, 11) is 0. The quantitative estimate of drug-likeness (QED) is 0.860. The molecule has 142 valence electrons. The minimum atomic E-state index is -0.634. The summed E-state index contributed by atoms with van der Waals surface area (Å²) in [4.78, 5) is 15.6. The Morgan fingerprint density at radius 2 is 2.12 bits per heavy atom. The first-order valence-electron chi connectivity index (χ1n) is 10.1. The lowest BCUT2D eigenvalue weighted by Gasteiger charge is -2.64. The Morgan fingerprint density at radius 1 is 1.27 bits per heavy atom. The molecule has 2 N–H and O–H groups in total. The topological polar surface area (TPSA) is 78.6 Å². The van der Waals surface area contributed by atoms with Crippen molar-refractivity contribution in [3.05, 3.63) is 17.5 Å². The van der Waals surface area contributed by atoms with Gasteiger partial charge in [0.25, 0.3) is 0 Å². The second-order valence-electron chi connectivity index (χ2n) is 9.59. The van der Waals surface area contributed by atoms with Crippen LogP contribution < -0.4 is 0 Å². The van der Waals surface area contributed by atoms with Crippen LogP contribution in [0.3, 0.4) is 0 Å². The minimum Gasteiger partial charge on any atom is -0.394 e. The van der Waals surface area contributed by atoms with Crippen molar-refractivity contribution in [3.63, 3.8) is 0 Å². The van der Waals surface area contributed by atoms with Gasteiger partial charge in [0.15, 0.2) is 0 Å². The number of amides is 1. The summed E-state index contributed by atoms with van der Waals surface area (Å²) in [6, 6.07) is 0. The molecule has 2 heterocycles. The third-order valence-electron chi connectivity index (χ3n) is 7.69. The van der Waals surface area contributed by atoms with E-state index in [1.807, 2.05) is 15.8 Å². The molecule has 4 saturated carbocycles. The maximum Gasteiger partial charge on any atom is 0.229 e. The van der Waals surface area contributed by atoms with E-state index in [-0.39, 0.29) is 23.3 Å². The summed E-state index contributed by atoms with van der Waals surface area (Å²) in [5, 5.41) is 24.7. The van der Waals surface area contributed by atoms with Crippen LogP contribution in [-0.2, 0) is 24.4 Å². The number of aromatic nitrogens is 2. The first-order valence-corrected chi connectivity index (χ1v) is 10.1. The summed E-state index contributed by atoms with van der Waals surface area (Å²) in [6.45, 7) is 3.95. The van der Waals surface area contributed by atoms with E-state index in [2.05, 4.69) is 12.0 Å². The Balaban J connectivity index is 1.42. The van der Waals surface area contributed by atoms with Crippen LogP contribution in [0.1, 0.15) is 63.1 Å². The third kappa shape index (κ3) is 2.24. The van der Waals surface area contributed by atoms with Gasteiger partial charge >= 0.3 is 0 Å². The zero-order chi connectivity index (χ0) is 18.2. The van der Waals surface area contributed by atoms with Gasteiger partial charge in [-0.1, -0.05) is 13.3 Å². The van der Waals surface area contributed by atoms with E-state index in [0.717, 1.165) is 43.4 Å².